The van der Waals surface area contributed by atoms with Crippen LogP contribution < -0.4 is 0 Å². The number of aromatic nitrogens is 2. The summed E-state index contributed by atoms with van der Waals surface area (Å²) >= 11 is 0. The lowest BCUT2D eigenvalue weighted by molar-refractivity contribution is -0.136. The maximum Gasteiger partial charge on any atom is 0.333 e. The lowest BCUT2D eigenvalue weighted by atomic mass is 10.2. The van der Waals surface area contributed by atoms with Gasteiger partial charge in [-0.15, -0.1) is 0 Å². The van der Waals surface area contributed by atoms with Gasteiger partial charge in [-0.05, 0) is 12.8 Å². The molecule has 0 aliphatic heterocycles. The van der Waals surface area contributed by atoms with Crippen molar-refractivity contribution in [2.24, 2.45) is 0 Å². The lowest BCUT2D eigenvalue weighted by Crippen LogP contribution is -2.05. The van der Waals surface area contributed by atoms with E-state index in [4.69, 9.17) is 5.26 Å². The van der Waals surface area contributed by atoms with Crippen molar-refractivity contribution in [2.45, 2.75) is 19.4 Å². The Hall–Kier alpha value is -2.09. The van der Waals surface area contributed by atoms with E-state index in [9.17, 15) is 4.79 Å². The summed E-state index contributed by atoms with van der Waals surface area (Å²) in [5.74, 6) is -0.377. The van der Waals surface area contributed by atoms with Crippen LogP contribution in [-0.2, 0) is 16.1 Å². The molecule has 0 aromatic carbocycles. The van der Waals surface area contributed by atoms with Gasteiger partial charge in [0.1, 0.15) is 6.07 Å². The monoisotopic (exact) mass is 219 g/mol. The molecule has 5 heteroatoms. The normalized spacial score (nSPS) is 9.50. The average molecular weight is 219 g/mol. The highest BCUT2D eigenvalue weighted by atomic mass is 16.5. The Balaban J connectivity index is 2.34. The van der Waals surface area contributed by atoms with Gasteiger partial charge in [-0.2, -0.15) is 10.4 Å². The molecule has 1 heterocycles. The van der Waals surface area contributed by atoms with Crippen molar-refractivity contribution in [1.82, 2.24) is 9.78 Å². The van der Waals surface area contributed by atoms with Crippen molar-refractivity contribution >= 4 is 5.97 Å². The van der Waals surface area contributed by atoms with Gasteiger partial charge in [0.2, 0.25) is 0 Å². The third-order valence-corrected chi connectivity index (χ3v) is 2.10. The summed E-state index contributed by atoms with van der Waals surface area (Å²) in [4.78, 5) is 11.0. The van der Waals surface area contributed by atoms with Crippen molar-refractivity contribution in [1.29, 1.82) is 5.26 Å². The van der Waals surface area contributed by atoms with Crippen LogP contribution in [0.3, 0.4) is 0 Å². The largest absolute Gasteiger partial charge is 0.466 e. The summed E-state index contributed by atoms with van der Waals surface area (Å²) < 4.78 is 6.20. The van der Waals surface area contributed by atoms with E-state index in [1.54, 1.807) is 10.9 Å². The second kappa shape index (κ2) is 5.71. The standard InChI is InChI=1S/C11H13N3O2/c1-9(11(15)16-2)4-3-5-14-8-10(6-12)7-13-14/h7-8H,1,3-5H2,2H3. The lowest BCUT2D eigenvalue weighted by Gasteiger charge is -2.03. The minimum absolute atomic E-state index is 0.377. The van der Waals surface area contributed by atoms with Gasteiger partial charge in [0, 0.05) is 18.3 Å². The maximum atomic E-state index is 11.0. The fourth-order valence-electron chi connectivity index (χ4n) is 1.24. The van der Waals surface area contributed by atoms with E-state index in [0.717, 1.165) is 6.42 Å². The zero-order valence-electron chi connectivity index (χ0n) is 9.14. The zero-order valence-corrected chi connectivity index (χ0v) is 9.14. The van der Waals surface area contributed by atoms with E-state index in [2.05, 4.69) is 16.4 Å². The Morgan fingerprint density at radius 3 is 3.06 bits per heavy atom. The summed E-state index contributed by atoms with van der Waals surface area (Å²) in [6.07, 6.45) is 4.48. The van der Waals surface area contributed by atoms with Gasteiger partial charge in [-0.3, -0.25) is 4.68 Å². The van der Waals surface area contributed by atoms with E-state index >= 15 is 0 Å². The first kappa shape index (κ1) is 12.0. The van der Waals surface area contributed by atoms with Gasteiger partial charge in [0.25, 0.3) is 0 Å². The number of hydrogen-bond acceptors (Lipinski definition) is 4. The van der Waals surface area contributed by atoms with E-state index in [0.29, 0.717) is 24.1 Å². The quantitative estimate of drug-likeness (QED) is 0.552. The van der Waals surface area contributed by atoms with Gasteiger partial charge in [-0.1, -0.05) is 6.58 Å². The topological polar surface area (TPSA) is 67.9 Å². The van der Waals surface area contributed by atoms with Gasteiger partial charge >= 0.3 is 5.97 Å². The molecule has 0 atom stereocenters. The minimum atomic E-state index is -0.377. The Morgan fingerprint density at radius 1 is 1.75 bits per heavy atom. The van der Waals surface area contributed by atoms with Crippen LogP contribution in [0.1, 0.15) is 18.4 Å². The molecule has 0 amide bonds. The highest BCUT2D eigenvalue weighted by Gasteiger charge is 2.06. The first-order chi connectivity index (χ1) is 7.67. The number of rotatable bonds is 5. The molecule has 5 nitrogen and oxygen atoms in total. The molecule has 0 bridgehead atoms. The second-order valence-corrected chi connectivity index (χ2v) is 3.30. The molecule has 0 aliphatic rings. The molecule has 0 saturated heterocycles. The Morgan fingerprint density at radius 2 is 2.50 bits per heavy atom. The molecule has 1 aromatic heterocycles. The molecule has 1 rings (SSSR count). The highest BCUT2D eigenvalue weighted by molar-refractivity contribution is 5.87. The smallest absolute Gasteiger partial charge is 0.333 e. The number of aryl methyl sites for hydroxylation is 1. The van der Waals surface area contributed by atoms with Crippen molar-refractivity contribution in [3.63, 3.8) is 0 Å². The number of esters is 1. The molecular formula is C11H13N3O2. The fourth-order valence-corrected chi connectivity index (χ4v) is 1.24. The van der Waals surface area contributed by atoms with Crippen LogP contribution in [0, 0.1) is 11.3 Å². The number of carbonyl (C=O) groups is 1. The minimum Gasteiger partial charge on any atom is -0.466 e. The predicted molar refractivity (Wildman–Crippen MR) is 57.3 cm³/mol. The average Bonchev–Trinajstić information content (AvgIpc) is 2.75. The Bertz CT molecular complexity index is 429. The molecular weight excluding hydrogens is 206 g/mol. The van der Waals surface area contributed by atoms with Gasteiger partial charge in [0.05, 0.1) is 18.9 Å². The molecule has 0 N–H and O–H groups in total. The number of nitrogens with zero attached hydrogens (tertiary/aromatic N) is 3. The van der Waals surface area contributed by atoms with Crippen molar-refractivity contribution in [3.8, 4) is 6.07 Å². The molecule has 84 valence electrons. The van der Waals surface area contributed by atoms with Crippen molar-refractivity contribution in [2.75, 3.05) is 7.11 Å². The third kappa shape index (κ3) is 3.24. The molecule has 0 aliphatic carbocycles. The van der Waals surface area contributed by atoms with E-state index in [1.165, 1.54) is 13.3 Å². The molecule has 0 unspecified atom stereocenters. The first-order valence-electron chi connectivity index (χ1n) is 4.86. The zero-order chi connectivity index (χ0) is 12.0. The number of carbonyl (C=O) groups excluding carboxylic acids is 1. The van der Waals surface area contributed by atoms with Gasteiger partial charge in [-0.25, -0.2) is 4.79 Å². The van der Waals surface area contributed by atoms with E-state index in [-0.39, 0.29) is 5.97 Å². The predicted octanol–water partition coefficient (Wildman–Crippen LogP) is 1.26. The summed E-state index contributed by atoms with van der Waals surface area (Å²) in [6, 6.07) is 2.00. The fraction of sp³-hybridized carbons (Fsp3) is 0.364. The number of methoxy groups -OCH3 is 1. The molecule has 16 heavy (non-hydrogen) atoms. The molecule has 0 spiro atoms. The van der Waals surface area contributed by atoms with E-state index in [1.807, 2.05) is 6.07 Å². The van der Waals surface area contributed by atoms with Crippen LogP contribution in [0.25, 0.3) is 0 Å². The molecule has 1 aromatic rings. The first-order valence-corrected chi connectivity index (χ1v) is 4.86. The van der Waals surface area contributed by atoms with Crippen LogP contribution in [0.4, 0.5) is 0 Å². The third-order valence-electron chi connectivity index (χ3n) is 2.10. The number of ether oxygens (including phenoxy) is 1. The molecule has 0 saturated carbocycles. The van der Waals surface area contributed by atoms with Gasteiger partial charge < -0.3 is 4.74 Å². The van der Waals surface area contributed by atoms with Crippen LogP contribution in [-0.4, -0.2) is 22.9 Å². The van der Waals surface area contributed by atoms with Crippen LogP contribution in [0.2, 0.25) is 0 Å². The maximum absolute atomic E-state index is 11.0. The van der Waals surface area contributed by atoms with Crippen LogP contribution in [0.5, 0.6) is 0 Å². The Kier molecular flexibility index (Phi) is 4.28. The van der Waals surface area contributed by atoms with Gasteiger partial charge in [0.15, 0.2) is 0 Å². The summed E-state index contributed by atoms with van der Waals surface area (Å²) in [6.45, 7) is 4.27. The highest BCUT2D eigenvalue weighted by Crippen LogP contribution is 2.06. The van der Waals surface area contributed by atoms with Crippen molar-refractivity contribution in [3.05, 3.63) is 30.1 Å². The van der Waals surface area contributed by atoms with Crippen molar-refractivity contribution < 1.29 is 9.53 Å². The summed E-state index contributed by atoms with van der Waals surface area (Å²) in [5, 5.41) is 12.6. The number of hydrogen-bond donors (Lipinski definition) is 0. The SMILES string of the molecule is C=C(CCCn1cc(C#N)cn1)C(=O)OC. The molecule has 0 radical (unpaired) electrons. The molecule has 0 fully saturated rings. The van der Waals surface area contributed by atoms with Crippen LogP contribution >= 0.6 is 0 Å². The Labute approximate surface area is 93.9 Å². The van der Waals surface area contributed by atoms with Crippen LogP contribution in [0.15, 0.2) is 24.5 Å². The summed E-state index contributed by atoms with van der Waals surface area (Å²) in [5.41, 5.74) is 0.988. The second-order valence-electron chi connectivity index (χ2n) is 3.30. The summed E-state index contributed by atoms with van der Waals surface area (Å²) in [7, 11) is 1.33. The van der Waals surface area contributed by atoms with E-state index < -0.39 is 0 Å². The number of nitriles is 1.